The first kappa shape index (κ1) is 43.9. The molecule has 0 aliphatic heterocycles. The maximum absolute atomic E-state index is 5.86. The van der Waals surface area contributed by atoms with Crippen molar-refractivity contribution in [2.75, 3.05) is 0 Å². The predicted molar refractivity (Wildman–Crippen MR) is 251 cm³/mol. The first-order valence-electron chi connectivity index (χ1n) is 20.0. The first-order valence-corrected chi connectivity index (χ1v) is 32.6. The molecule has 0 radical (unpaired) electrons. The van der Waals surface area contributed by atoms with Crippen LogP contribution in [0.25, 0.3) is 66.4 Å². The van der Waals surface area contributed by atoms with Crippen molar-refractivity contribution in [2.24, 2.45) is 0 Å². The van der Waals surface area contributed by atoms with Gasteiger partial charge in [-0.2, -0.15) is 0 Å². The minimum Gasteiger partial charge on any atom is -0.496 e. The minimum absolute atomic E-state index is 0.224. The maximum Gasteiger partial charge on any atom is 0.0896 e. The third-order valence-electron chi connectivity index (χ3n) is 11.9. The molecule has 2 heterocycles. The molecule has 0 N–H and O–H groups in total. The molecule has 0 bridgehead atoms. The Morgan fingerprint density at radius 2 is 0.759 bits per heavy atom. The molecule has 0 aliphatic rings. The Labute approximate surface area is 361 Å². The van der Waals surface area contributed by atoms with Crippen molar-refractivity contribution in [3.05, 3.63) is 152 Å². The van der Waals surface area contributed by atoms with Crippen molar-refractivity contribution in [3.8, 4) is 44.9 Å². The Morgan fingerprint density at radius 3 is 1.03 bits per heavy atom. The number of furan rings is 2. The van der Waals surface area contributed by atoms with Crippen LogP contribution in [-0.2, 0) is 18.0 Å². The monoisotopic (exact) mass is 900 g/mol. The zero-order valence-corrected chi connectivity index (χ0v) is 41.6. The zero-order chi connectivity index (χ0) is 42.3. The Bertz CT molecular complexity index is 2610. The van der Waals surface area contributed by atoms with Gasteiger partial charge >= 0.3 is 53.5 Å². The Balaban J connectivity index is 0.000000172. The number of aryl methyl sites for hydroxylation is 8. The molecule has 8 rings (SSSR count). The molecule has 6 aromatic carbocycles. The summed E-state index contributed by atoms with van der Waals surface area (Å²) in [5, 5.41) is 5.17. The van der Waals surface area contributed by atoms with Crippen LogP contribution < -0.4 is 0 Å². The van der Waals surface area contributed by atoms with E-state index in [9.17, 15) is 0 Å². The van der Waals surface area contributed by atoms with E-state index in [0.717, 1.165) is 34.2 Å². The largest absolute Gasteiger partial charge is 0.496 e. The normalized spacial score (nSPS) is 11.1. The van der Waals surface area contributed by atoms with Crippen LogP contribution >= 0.6 is 17.0 Å². The molecule has 0 amide bonds. The van der Waals surface area contributed by atoms with Gasteiger partial charge in [0.2, 0.25) is 0 Å². The second-order valence-corrected chi connectivity index (χ2v) is 39.4. The van der Waals surface area contributed by atoms with E-state index >= 15 is 0 Å². The van der Waals surface area contributed by atoms with Crippen LogP contribution in [0, 0.1) is 83.1 Å². The third kappa shape index (κ3) is 9.22. The topological polar surface area (TPSA) is 26.3 Å². The SMILES string of the molecule is C[Si](C)=[Zr]([Cl])[Cl].Cc1ccc(-c2cc3c(-c4cc(C)c(C)c(C)c4)c(C)c(C)cc3[cH-]2)o1.Cc1ccc(-c2cc3c(-c4cc(C)c(C)c(C)c4)c(C)c(C)cc3[cH-]2)o1. The molecular formula is C52H56Cl2O2SiZr-2. The van der Waals surface area contributed by atoms with Crippen LogP contribution in [0.2, 0.25) is 13.1 Å². The fourth-order valence-corrected chi connectivity index (χ4v) is 7.77. The molecule has 6 heteroatoms. The number of halogens is 2. The number of hydrogen-bond donors (Lipinski definition) is 0. The van der Waals surface area contributed by atoms with Gasteiger partial charge in [0.1, 0.15) is 0 Å². The standard InChI is InChI=1S/2C25H25O.C2H6Si.2ClH.Zr/c2*1-14-10-22(11-15(2)18(14)5)25-19(6)16(3)9-20-12-21(13-23(20)25)24-8-7-17(4)26-24;1-3-2;;;/h2*7-13H,1-6H3;1-2H3;2*1H;/q2*-1;;;;+2/p-2. The summed E-state index contributed by atoms with van der Waals surface area (Å²) in [6.45, 7) is 30.4. The zero-order valence-electron chi connectivity index (χ0n) is 36.7. The summed E-state index contributed by atoms with van der Waals surface area (Å²) in [7, 11) is 11.2. The summed E-state index contributed by atoms with van der Waals surface area (Å²) in [5.74, 6) is 3.78. The molecule has 58 heavy (non-hydrogen) atoms. The first-order chi connectivity index (χ1) is 27.3. The van der Waals surface area contributed by atoms with Crippen molar-refractivity contribution in [3.63, 3.8) is 0 Å². The van der Waals surface area contributed by atoms with Crippen LogP contribution in [-0.4, -0.2) is 5.43 Å². The summed E-state index contributed by atoms with van der Waals surface area (Å²) in [4.78, 5) is 0. The van der Waals surface area contributed by atoms with E-state index in [2.05, 4.69) is 155 Å². The quantitative estimate of drug-likeness (QED) is 0.130. The average Bonchev–Trinajstić information content (AvgIpc) is 3.98. The number of benzene rings is 4. The van der Waals surface area contributed by atoms with E-state index in [1.165, 1.54) is 99.4 Å². The Kier molecular flexibility index (Phi) is 13.6. The maximum atomic E-state index is 5.86. The van der Waals surface area contributed by atoms with Gasteiger partial charge in [-0.1, -0.05) is 57.6 Å². The molecule has 2 nitrogen and oxygen atoms in total. The molecular weight excluding hydrogens is 847 g/mol. The van der Waals surface area contributed by atoms with Crippen molar-refractivity contribution in [1.82, 2.24) is 0 Å². The molecule has 0 atom stereocenters. The van der Waals surface area contributed by atoms with Crippen molar-refractivity contribution in [2.45, 2.75) is 96.2 Å². The minimum atomic E-state index is -1.65. The summed E-state index contributed by atoms with van der Waals surface area (Å²) < 4.78 is 11.7. The van der Waals surface area contributed by atoms with Gasteiger partial charge in [-0.3, -0.25) is 0 Å². The van der Waals surface area contributed by atoms with Gasteiger partial charge < -0.3 is 8.83 Å². The van der Waals surface area contributed by atoms with Crippen molar-refractivity contribution < 1.29 is 26.8 Å². The van der Waals surface area contributed by atoms with Gasteiger partial charge in [-0.15, -0.1) is 57.9 Å². The van der Waals surface area contributed by atoms with E-state index in [1.807, 2.05) is 26.0 Å². The molecule has 0 aliphatic carbocycles. The number of hydrogen-bond acceptors (Lipinski definition) is 2. The predicted octanol–water partition coefficient (Wildman–Crippen LogP) is 16.8. The molecule has 8 aromatic rings. The van der Waals surface area contributed by atoms with Gasteiger partial charge in [-0.05, 0) is 163 Å². The molecule has 0 fully saturated rings. The van der Waals surface area contributed by atoms with Crippen molar-refractivity contribution in [1.29, 1.82) is 0 Å². The van der Waals surface area contributed by atoms with Crippen LogP contribution in [0.4, 0.5) is 0 Å². The van der Waals surface area contributed by atoms with E-state index in [-0.39, 0.29) is 5.43 Å². The van der Waals surface area contributed by atoms with E-state index in [0.29, 0.717) is 0 Å². The molecule has 0 saturated heterocycles. The third-order valence-corrected chi connectivity index (χ3v) is 31.7. The van der Waals surface area contributed by atoms with Gasteiger partial charge in [0, 0.05) is 0 Å². The fourth-order valence-electron chi connectivity index (χ4n) is 7.77. The average molecular weight is 903 g/mol. The van der Waals surface area contributed by atoms with Gasteiger partial charge in [0.15, 0.2) is 0 Å². The second-order valence-electron chi connectivity index (χ2n) is 16.4. The second kappa shape index (κ2) is 17.9. The molecule has 0 unspecified atom stereocenters. The van der Waals surface area contributed by atoms with Gasteiger partial charge in [-0.25, -0.2) is 0 Å². The van der Waals surface area contributed by atoms with E-state index < -0.39 is 18.0 Å². The van der Waals surface area contributed by atoms with Crippen LogP contribution in [0.5, 0.6) is 0 Å². The summed E-state index contributed by atoms with van der Waals surface area (Å²) in [6.07, 6.45) is 0. The number of fused-ring (bicyclic) bond motifs is 2. The van der Waals surface area contributed by atoms with Crippen LogP contribution in [0.15, 0.2) is 93.8 Å². The molecule has 0 spiro atoms. The summed E-state index contributed by atoms with van der Waals surface area (Å²) >= 11 is -1.65. The van der Waals surface area contributed by atoms with Crippen molar-refractivity contribution >= 4 is 44.0 Å². The smallest absolute Gasteiger partial charge is 0.0896 e. The summed E-state index contributed by atoms with van der Waals surface area (Å²) in [5.41, 5.74) is 20.9. The fraction of sp³-hybridized carbons (Fsp3) is 0.269. The van der Waals surface area contributed by atoms with E-state index in [4.69, 9.17) is 25.9 Å². The van der Waals surface area contributed by atoms with E-state index in [1.54, 1.807) is 0 Å². The van der Waals surface area contributed by atoms with Crippen LogP contribution in [0.1, 0.15) is 67.2 Å². The number of rotatable bonds is 4. The molecule has 300 valence electrons. The van der Waals surface area contributed by atoms with Gasteiger partial charge in [0.05, 0.1) is 23.0 Å². The Morgan fingerprint density at radius 1 is 0.448 bits per heavy atom. The van der Waals surface area contributed by atoms with Gasteiger partial charge in [0.25, 0.3) is 0 Å². The molecule has 0 saturated carbocycles. The summed E-state index contributed by atoms with van der Waals surface area (Å²) in [6, 6.07) is 31.1. The Hall–Kier alpha value is -3.66. The van der Waals surface area contributed by atoms with Crippen LogP contribution in [0.3, 0.4) is 0 Å². The molecule has 2 aromatic heterocycles.